The van der Waals surface area contributed by atoms with E-state index in [0.29, 0.717) is 31.1 Å². The molecule has 1 fully saturated rings. The Morgan fingerprint density at radius 3 is 1.71 bits per heavy atom. The molecule has 1 aliphatic rings. The summed E-state index contributed by atoms with van der Waals surface area (Å²) in [5.74, 6) is -0.886. The maximum atomic E-state index is 13.2. The van der Waals surface area contributed by atoms with Gasteiger partial charge in [-0.2, -0.15) is 4.31 Å². The molecule has 1 N–H and O–H groups in total. The summed E-state index contributed by atoms with van der Waals surface area (Å²) in [4.78, 5) is 13.0. The van der Waals surface area contributed by atoms with E-state index in [0.717, 1.165) is 27.8 Å². The van der Waals surface area contributed by atoms with Crippen LogP contribution in [0.3, 0.4) is 0 Å². The van der Waals surface area contributed by atoms with Gasteiger partial charge in [0, 0.05) is 26.2 Å². The van der Waals surface area contributed by atoms with Crippen molar-refractivity contribution in [3.05, 3.63) is 27.8 Å². The van der Waals surface area contributed by atoms with Crippen LogP contribution in [0.4, 0.5) is 0 Å². The molecule has 24 heavy (non-hydrogen) atoms. The highest BCUT2D eigenvalue weighted by molar-refractivity contribution is 7.89. The van der Waals surface area contributed by atoms with Gasteiger partial charge in [0.1, 0.15) is 0 Å². The lowest BCUT2D eigenvalue weighted by molar-refractivity contribution is -0.138. The summed E-state index contributed by atoms with van der Waals surface area (Å²) in [5.41, 5.74) is 4.78. The van der Waals surface area contributed by atoms with E-state index in [2.05, 4.69) is 0 Å². The van der Waals surface area contributed by atoms with Crippen molar-refractivity contribution in [2.24, 2.45) is 0 Å². The zero-order valence-electron chi connectivity index (χ0n) is 15.0. The molecule has 0 saturated carbocycles. The maximum absolute atomic E-state index is 13.2. The Morgan fingerprint density at radius 1 is 0.875 bits per heavy atom. The number of carbonyl (C=O) groups is 1. The van der Waals surface area contributed by atoms with Crippen LogP contribution in [0, 0.1) is 34.6 Å². The molecule has 1 aromatic rings. The van der Waals surface area contributed by atoms with Gasteiger partial charge in [-0.3, -0.25) is 9.69 Å². The van der Waals surface area contributed by atoms with Crippen molar-refractivity contribution in [3.8, 4) is 0 Å². The van der Waals surface area contributed by atoms with E-state index in [1.807, 2.05) is 34.6 Å². The van der Waals surface area contributed by atoms with E-state index in [9.17, 15) is 13.2 Å². The molecule has 0 unspecified atom stereocenters. The van der Waals surface area contributed by atoms with Crippen LogP contribution in [0.1, 0.15) is 27.8 Å². The normalized spacial score (nSPS) is 17.2. The Morgan fingerprint density at radius 2 is 1.29 bits per heavy atom. The average molecular weight is 354 g/mol. The molecule has 2 rings (SSSR count). The third-order valence-electron chi connectivity index (χ3n) is 5.22. The predicted octanol–water partition coefficient (Wildman–Crippen LogP) is 1.62. The summed E-state index contributed by atoms with van der Waals surface area (Å²) in [7, 11) is -3.58. The monoisotopic (exact) mass is 354 g/mol. The minimum Gasteiger partial charge on any atom is -0.480 e. The van der Waals surface area contributed by atoms with E-state index in [1.54, 1.807) is 4.90 Å². The van der Waals surface area contributed by atoms with E-state index >= 15 is 0 Å². The molecule has 0 amide bonds. The largest absolute Gasteiger partial charge is 0.480 e. The van der Waals surface area contributed by atoms with Gasteiger partial charge in [-0.25, -0.2) is 8.42 Å². The number of rotatable bonds is 4. The fourth-order valence-electron chi connectivity index (χ4n) is 3.30. The van der Waals surface area contributed by atoms with E-state index in [4.69, 9.17) is 5.11 Å². The van der Waals surface area contributed by atoms with Gasteiger partial charge >= 0.3 is 5.97 Å². The molecular weight excluding hydrogens is 328 g/mol. The van der Waals surface area contributed by atoms with Crippen molar-refractivity contribution in [1.82, 2.24) is 9.21 Å². The summed E-state index contributed by atoms with van der Waals surface area (Å²) < 4.78 is 27.8. The lowest BCUT2D eigenvalue weighted by Crippen LogP contribution is -2.50. The van der Waals surface area contributed by atoms with Crippen molar-refractivity contribution in [1.29, 1.82) is 0 Å². The number of hydrogen-bond acceptors (Lipinski definition) is 4. The third-order valence-corrected chi connectivity index (χ3v) is 7.39. The summed E-state index contributed by atoms with van der Waals surface area (Å²) >= 11 is 0. The van der Waals surface area contributed by atoms with Crippen LogP contribution in [-0.4, -0.2) is 61.4 Å². The molecule has 6 nitrogen and oxygen atoms in total. The lowest BCUT2D eigenvalue weighted by atomic mass is 9.95. The van der Waals surface area contributed by atoms with Crippen LogP contribution in [0.15, 0.2) is 4.90 Å². The molecule has 7 heteroatoms. The Balaban J connectivity index is 2.35. The average Bonchev–Trinajstić information content (AvgIpc) is 2.51. The number of piperazine rings is 1. The topological polar surface area (TPSA) is 77.9 Å². The number of benzene rings is 1. The third kappa shape index (κ3) is 3.34. The van der Waals surface area contributed by atoms with Crippen molar-refractivity contribution in [2.45, 2.75) is 39.5 Å². The van der Waals surface area contributed by atoms with Gasteiger partial charge < -0.3 is 5.11 Å². The van der Waals surface area contributed by atoms with Crippen LogP contribution in [-0.2, 0) is 14.8 Å². The van der Waals surface area contributed by atoms with Crippen LogP contribution in [0.25, 0.3) is 0 Å². The zero-order valence-corrected chi connectivity index (χ0v) is 15.8. The minimum absolute atomic E-state index is 0.0469. The summed E-state index contributed by atoms with van der Waals surface area (Å²) in [5, 5.41) is 8.86. The van der Waals surface area contributed by atoms with Gasteiger partial charge in [0.2, 0.25) is 10.0 Å². The zero-order chi connectivity index (χ0) is 18.2. The predicted molar refractivity (Wildman–Crippen MR) is 93.0 cm³/mol. The van der Waals surface area contributed by atoms with Crippen LogP contribution >= 0.6 is 0 Å². The highest BCUT2D eigenvalue weighted by Crippen LogP contribution is 2.31. The first kappa shape index (κ1) is 18.9. The maximum Gasteiger partial charge on any atom is 0.317 e. The van der Waals surface area contributed by atoms with Crippen molar-refractivity contribution >= 4 is 16.0 Å². The highest BCUT2D eigenvalue weighted by Gasteiger charge is 2.32. The molecule has 0 radical (unpaired) electrons. The van der Waals surface area contributed by atoms with Gasteiger partial charge in [0.05, 0.1) is 11.4 Å². The molecule has 0 atom stereocenters. The smallest absolute Gasteiger partial charge is 0.317 e. The van der Waals surface area contributed by atoms with Crippen molar-refractivity contribution < 1.29 is 18.3 Å². The van der Waals surface area contributed by atoms with Gasteiger partial charge in [-0.15, -0.1) is 0 Å². The van der Waals surface area contributed by atoms with Gasteiger partial charge in [0.25, 0.3) is 0 Å². The number of carboxylic acids is 1. The standard InChI is InChI=1S/C17H26N2O4S/c1-11-12(2)14(4)17(15(5)13(11)3)24(22,23)19-8-6-18(7-9-19)10-16(20)21/h6-10H2,1-5H3,(H,20,21). The molecule has 0 bridgehead atoms. The summed E-state index contributed by atoms with van der Waals surface area (Å²) in [6.07, 6.45) is 0. The second kappa shape index (κ2) is 6.82. The molecule has 1 aliphatic heterocycles. The second-order valence-corrected chi connectivity index (χ2v) is 8.40. The van der Waals surface area contributed by atoms with E-state index in [1.165, 1.54) is 4.31 Å². The first-order chi connectivity index (χ1) is 11.1. The minimum atomic E-state index is -3.58. The fraction of sp³-hybridized carbons (Fsp3) is 0.588. The molecule has 0 spiro atoms. The molecular formula is C17H26N2O4S. The Labute approximate surface area is 144 Å². The van der Waals surface area contributed by atoms with Gasteiger partial charge in [0.15, 0.2) is 0 Å². The number of hydrogen-bond donors (Lipinski definition) is 1. The number of aliphatic carboxylic acids is 1. The van der Waals surface area contributed by atoms with Crippen LogP contribution in [0.2, 0.25) is 0 Å². The molecule has 134 valence electrons. The van der Waals surface area contributed by atoms with Gasteiger partial charge in [-0.1, -0.05) is 0 Å². The SMILES string of the molecule is Cc1c(C)c(C)c(S(=O)(=O)N2CCN(CC(=O)O)CC2)c(C)c1C. The summed E-state index contributed by atoms with van der Waals surface area (Å²) in [6, 6.07) is 0. The summed E-state index contributed by atoms with van der Waals surface area (Å²) in [6.45, 7) is 11.1. The highest BCUT2D eigenvalue weighted by atomic mass is 32.2. The molecule has 1 saturated heterocycles. The second-order valence-electron chi connectivity index (χ2n) is 6.53. The first-order valence-corrected chi connectivity index (χ1v) is 9.52. The number of carboxylic acid groups (broad SMARTS) is 1. The molecule has 0 aliphatic carbocycles. The Hall–Kier alpha value is -1.44. The van der Waals surface area contributed by atoms with E-state index in [-0.39, 0.29) is 6.54 Å². The fourth-order valence-corrected chi connectivity index (χ4v) is 5.28. The molecule has 1 heterocycles. The first-order valence-electron chi connectivity index (χ1n) is 8.08. The van der Waals surface area contributed by atoms with E-state index < -0.39 is 16.0 Å². The quantitative estimate of drug-likeness (QED) is 0.889. The lowest BCUT2D eigenvalue weighted by Gasteiger charge is -2.34. The number of nitrogens with zero attached hydrogens (tertiary/aromatic N) is 2. The van der Waals surface area contributed by atoms with Crippen LogP contribution in [0.5, 0.6) is 0 Å². The number of sulfonamides is 1. The Kier molecular flexibility index (Phi) is 5.37. The van der Waals surface area contributed by atoms with Gasteiger partial charge in [-0.05, 0) is 62.4 Å². The van der Waals surface area contributed by atoms with Crippen molar-refractivity contribution in [2.75, 3.05) is 32.7 Å². The van der Waals surface area contributed by atoms with Crippen LogP contribution < -0.4 is 0 Å². The van der Waals surface area contributed by atoms with Crippen molar-refractivity contribution in [3.63, 3.8) is 0 Å². The molecule has 1 aromatic carbocycles. The molecule has 0 aromatic heterocycles. The Bertz CT molecular complexity index is 734.